The summed E-state index contributed by atoms with van der Waals surface area (Å²) < 4.78 is 0. The summed E-state index contributed by atoms with van der Waals surface area (Å²) in [5.74, 6) is 0. The van der Waals surface area contributed by atoms with Crippen LogP contribution in [0.3, 0.4) is 0 Å². The minimum Gasteiger partial charge on any atom is -0.312 e. The lowest BCUT2D eigenvalue weighted by molar-refractivity contribution is 0.601. The maximum atomic E-state index is 3.46. The second kappa shape index (κ2) is 6.11. The lowest BCUT2D eigenvalue weighted by Gasteiger charge is -2.17. The molecule has 1 heterocycles. The number of aryl methyl sites for hydroxylation is 1. The first-order valence-corrected chi connectivity index (χ1v) is 8.05. The summed E-state index contributed by atoms with van der Waals surface area (Å²) in [6.45, 7) is 8.98. The normalized spacial score (nSPS) is 13.4. The molecule has 0 aliphatic carbocycles. The van der Waals surface area contributed by atoms with E-state index in [0.717, 1.165) is 6.42 Å². The minimum absolute atomic E-state index is 0.241. The van der Waals surface area contributed by atoms with Gasteiger partial charge < -0.3 is 5.32 Å². The second-order valence-electron chi connectivity index (χ2n) is 6.49. The smallest absolute Gasteiger partial charge is 0.0453 e. The molecular weight excluding hydrogens is 262 g/mol. The highest BCUT2D eigenvalue weighted by molar-refractivity contribution is 7.12. The molecule has 0 aliphatic heterocycles. The van der Waals surface area contributed by atoms with Crippen LogP contribution in [-0.2, 0) is 11.8 Å². The van der Waals surface area contributed by atoms with Gasteiger partial charge in [-0.05, 0) is 43.5 Å². The van der Waals surface area contributed by atoms with Gasteiger partial charge in [0.15, 0.2) is 0 Å². The van der Waals surface area contributed by atoms with Crippen molar-refractivity contribution in [1.82, 2.24) is 5.32 Å². The summed E-state index contributed by atoms with van der Waals surface area (Å²) in [7, 11) is 2.05. The Morgan fingerprint density at radius 3 is 2.45 bits per heavy atom. The SMILES string of the molecule is CNC(Cc1cccc(C)c1)c1ccc(C(C)(C)C)s1. The monoisotopic (exact) mass is 287 g/mol. The molecule has 1 unspecified atom stereocenters. The Balaban J connectivity index is 2.18. The molecule has 108 valence electrons. The first-order chi connectivity index (χ1) is 9.40. The van der Waals surface area contributed by atoms with Gasteiger partial charge in [-0.3, -0.25) is 0 Å². The fraction of sp³-hybridized carbons (Fsp3) is 0.444. The third kappa shape index (κ3) is 3.71. The van der Waals surface area contributed by atoms with Crippen LogP contribution in [0, 0.1) is 6.92 Å². The zero-order valence-corrected chi connectivity index (χ0v) is 14.0. The number of hydrogen-bond donors (Lipinski definition) is 1. The topological polar surface area (TPSA) is 12.0 Å². The summed E-state index contributed by atoms with van der Waals surface area (Å²) in [6.07, 6.45) is 1.04. The summed E-state index contributed by atoms with van der Waals surface area (Å²) >= 11 is 1.93. The van der Waals surface area contributed by atoms with Gasteiger partial charge in [-0.15, -0.1) is 11.3 Å². The molecule has 1 aromatic carbocycles. The van der Waals surface area contributed by atoms with Crippen molar-refractivity contribution in [3.05, 3.63) is 57.3 Å². The summed E-state index contributed by atoms with van der Waals surface area (Å²) in [6, 6.07) is 13.8. The minimum atomic E-state index is 0.241. The second-order valence-corrected chi connectivity index (χ2v) is 7.60. The Kier molecular flexibility index (Phi) is 4.66. The lowest BCUT2D eigenvalue weighted by Crippen LogP contribution is -2.17. The molecule has 2 rings (SSSR count). The van der Waals surface area contributed by atoms with E-state index < -0.39 is 0 Å². The molecule has 0 fully saturated rings. The number of benzene rings is 1. The van der Waals surface area contributed by atoms with E-state index in [0.29, 0.717) is 6.04 Å². The standard InChI is InChI=1S/C18H25NS/c1-13-7-6-8-14(11-13)12-15(19-5)16-9-10-17(20-16)18(2,3)4/h6-11,15,19H,12H2,1-5H3. The van der Waals surface area contributed by atoms with Crippen molar-refractivity contribution in [3.8, 4) is 0 Å². The Morgan fingerprint density at radius 2 is 1.90 bits per heavy atom. The van der Waals surface area contributed by atoms with Crippen LogP contribution in [-0.4, -0.2) is 7.05 Å². The van der Waals surface area contributed by atoms with Crippen LogP contribution in [0.5, 0.6) is 0 Å². The van der Waals surface area contributed by atoms with Gasteiger partial charge in [0.1, 0.15) is 0 Å². The van der Waals surface area contributed by atoms with Gasteiger partial charge >= 0.3 is 0 Å². The molecule has 0 aliphatic rings. The van der Waals surface area contributed by atoms with Crippen LogP contribution in [0.2, 0.25) is 0 Å². The first kappa shape index (κ1) is 15.3. The molecule has 0 saturated carbocycles. The molecule has 2 heteroatoms. The molecule has 2 aromatic rings. The maximum Gasteiger partial charge on any atom is 0.0453 e. The van der Waals surface area contributed by atoms with Crippen molar-refractivity contribution in [2.24, 2.45) is 0 Å². The number of rotatable bonds is 4. The molecule has 0 bridgehead atoms. The molecule has 1 nitrogen and oxygen atoms in total. The molecule has 1 atom stereocenters. The van der Waals surface area contributed by atoms with Gasteiger partial charge in [-0.2, -0.15) is 0 Å². The van der Waals surface area contributed by atoms with Gasteiger partial charge in [0.25, 0.3) is 0 Å². The first-order valence-electron chi connectivity index (χ1n) is 7.23. The number of likely N-dealkylation sites (N-methyl/N-ethyl adjacent to an activating group) is 1. The van der Waals surface area contributed by atoms with E-state index in [1.165, 1.54) is 20.9 Å². The van der Waals surface area contributed by atoms with E-state index in [9.17, 15) is 0 Å². The van der Waals surface area contributed by atoms with Crippen molar-refractivity contribution >= 4 is 11.3 Å². The number of nitrogens with one attached hydrogen (secondary N) is 1. The van der Waals surface area contributed by atoms with Crippen LogP contribution in [0.25, 0.3) is 0 Å². The van der Waals surface area contributed by atoms with Crippen molar-refractivity contribution in [1.29, 1.82) is 0 Å². The van der Waals surface area contributed by atoms with Crippen LogP contribution < -0.4 is 5.32 Å². The molecular formula is C18H25NS. The quantitative estimate of drug-likeness (QED) is 0.847. The fourth-order valence-electron chi connectivity index (χ4n) is 2.36. The molecule has 0 saturated heterocycles. The van der Waals surface area contributed by atoms with Crippen molar-refractivity contribution in [2.45, 2.75) is 45.6 Å². The largest absolute Gasteiger partial charge is 0.312 e. The Labute approximate surface area is 127 Å². The zero-order valence-electron chi connectivity index (χ0n) is 13.2. The molecule has 1 N–H and O–H groups in total. The van der Waals surface area contributed by atoms with Crippen LogP contribution in [0.15, 0.2) is 36.4 Å². The highest BCUT2D eigenvalue weighted by Gasteiger charge is 2.19. The van der Waals surface area contributed by atoms with Gasteiger partial charge in [-0.25, -0.2) is 0 Å². The predicted octanol–water partition coefficient (Wildman–Crippen LogP) is 4.86. The lowest BCUT2D eigenvalue weighted by atomic mass is 9.95. The fourth-order valence-corrected chi connectivity index (χ4v) is 3.54. The van der Waals surface area contributed by atoms with Gasteiger partial charge in [0.05, 0.1) is 0 Å². The van der Waals surface area contributed by atoms with Gasteiger partial charge in [-0.1, -0.05) is 50.6 Å². The highest BCUT2D eigenvalue weighted by atomic mass is 32.1. The third-order valence-electron chi connectivity index (χ3n) is 3.58. The van der Waals surface area contributed by atoms with E-state index in [-0.39, 0.29) is 5.41 Å². The van der Waals surface area contributed by atoms with Crippen LogP contribution >= 0.6 is 11.3 Å². The van der Waals surface area contributed by atoms with E-state index in [1.54, 1.807) is 0 Å². The zero-order chi connectivity index (χ0) is 14.8. The average Bonchev–Trinajstić information content (AvgIpc) is 2.85. The summed E-state index contributed by atoms with van der Waals surface area (Å²) in [5.41, 5.74) is 2.97. The van der Waals surface area contributed by atoms with E-state index in [4.69, 9.17) is 0 Å². The van der Waals surface area contributed by atoms with Crippen LogP contribution in [0.4, 0.5) is 0 Å². The van der Waals surface area contributed by atoms with Crippen molar-refractivity contribution in [3.63, 3.8) is 0 Å². The van der Waals surface area contributed by atoms with Crippen molar-refractivity contribution < 1.29 is 0 Å². The Hall–Kier alpha value is -1.12. The van der Waals surface area contributed by atoms with Crippen LogP contribution in [0.1, 0.15) is 47.7 Å². The molecule has 0 spiro atoms. The average molecular weight is 287 g/mol. The number of thiophene rings is 1. The highest BCUT2D eigenvalue weighted by Crippen LogP contribution is 2.33. The van der Waals surface area contributed by atoms with E-state index in [2.05, 4.69) is 76.5 Å². The van der Waals surface area contributed by atoms with Crippen molar-refractivity contribution in [2.75, 3.05) is 7.05 Å². The van der Waals surface area contributed by atoms with Gasteiger partial charge in [0.2, 0.25) is 0 Å². The Bertz CT molecular complexity index is 563. The molecule has 0 radical (unpaired) electrons. The van der Waals surface area contributed by atoms with E-state index in [1.807, 2.05) is 11.3 Å². The third-order valence-corrected chi connectivity index (χ3v) is 5.20. The maximum absolute atomic E-state index is 3.46. The molecule has 1 aromatic heterocycles. The van der Waals surface area contributed by atoms with Gasteiger partial charge in [0, 0.05) is 15.8 Å². The summed E-state index contributed by atoms with van der Waals surface area (Å²) in [5, 5.41) is 3.46. The molecule has 20 heavy (non-hydrogen) atoms. The summed E-state index contributed by atoms with van der Waals surface area (Å²) in [4.78, 5) is 2.89. The van der Waals surface area contributed by atoms with E-state index >= 15 is 0 Å². The number of hydrogen-bond acceptors (Lipinski definition) is 2. The molecule has 0 amide bonds. The Morgan fingerprint density at radius 1 is 1.15 bits per heavy atom. The predicted molar refractivity (Wildman–Crippen MR) is 89.7 cm³/mol.